The zero-order valence-electron chi connectivity index (χ0n) is 10.8. The van der Waals surface area contributed by atoms with Crippen molar-refractivity contribution in [3.8, 4) is 0 Å². The van der Waals surface area contributed by atoms with E-state index >= 15 is 0 Å². The van der Waals surface area contributed by atoms with E-state index in [0.29, 0.717) is 19.1 Å². The minimum absolute atomic E-state index is 0.0457. The summed E-state index contributed by atoms with van der Waals surface area (Å²) in [5, 5.41) is 14.0. The highest BCUT2D eigenvalue weighted by Gasteiger charge is 2.23. The van der Waals surface area contributed by atoms with Crippen LogP contribution in [0.3, 0.4) is 0 Å². The van der Waals surface area contributed by atoms with Gasteiger partial charge in [-0.25, -0.2) is 4.39 Å². The van der Waals surface area contributed by atoms with Gasteiger partial charge in [-0.05, 0) is 31.7 Å². The van der Waals surface area contributed by atoms with Crippen LogP contribution in [0.1, 0.15) is 19.8 Å². The first-order valence-corrected chi connectivity index (χ1v) is 6.36. The van der Waals surface area contributed by atoms with Crippen LogP contribution in [0.25, 0.3) is 0 Å². The first kappa shape index (κ1) is 13.7. The Bertz CT molecular complexity index is 461. The van der Waals surface area contributed by atoms with E-state index < -0.39 is 10.7 Å². The number of rotatable bonds is 4. The minimum Gasteiger partial charge on any atom is -0.381 e. The average molecular weight is 268 g/mol. The lowest BCUT2D eigenvalue weighted by atomic mass is 9.93. The molecule has 1 N–H and O–H groups in total. The number of nitro benzene ring substituents is 1. The quantitative estimate of drug-likeness (QED) is 0.673. The van der Waals surface area contributed by atoms with Gasteiger partial charge in [-0.2, -0.15) is 0 Å². The normalized spacial score (nSPS) is 18.0. The van der Waals surface area contributed by atoms with Crippen molar-refractivity contribution in [3.05, 3.63) is 34.1 Å². The van der Waals surface area contributed by atoms with Crippen LogP contribution in [0, 0.1) is 21.8 Å². The number of anilines is 1. The van der Waals surface area contributed by atoms with Crippen molar-refractivity contribution >= 4 is 11.4 Å². The summed E-state index contributed by atoms with van der Waals surface area (Å²) in [4.78, 5) is 10.4. The fourth-order valence-electron chi connectivity index (χ4n) is 2.36. The molecule has 1 unspecified atom stereocenters. The highest BCUT2D eigenvalue weighted by atomic mass is 19.1. The molecule has 1 fully saturated rings. The van der Waals surface area contributed by atoms with Gasteiger partial charge < -0.3 is 10.1 Å². The van der Waals surface area contributed by atoms with E-state index in [1.165, 1.54) is 12.1 Å². The molecular weight excluding hydrogens is 251 g/mol. The third-order valence-electron chi connectivity index (χ3n) is 3.51. The van der Waals surface area contributed by atoms with Gasteiger partial charge in [0.1, 0.15) is 11.5 Å². The van der Waals surface area contributed by atoms with Crippen molar-refractivity contribution in [3.63, 3.8) is 0 Å². The van der Waals surface area contributed by atoms with Gasteiger partial charge in [0, 0.05) is 31.4 Å². The zero-order chi connectivity index (χ0) is 13.8. The largest absolute Gasteiger partial charge is 0.381 e. The van der Waals surface area contributed by atoms with Gasteiger partial charge >= 0.3 is 0 Å². The Hall–Kier alpha value is -1.69. The van der Waals surface area contributed by atoms with E-state index in [0.717, 1.165) is 18.9 Å². The van der Waals surface area contributed by atoms with Gasteiger partial charge in [0.25, 0.3) is 5.69 Å². The molecule has 1 saturated heterocycles. The lowest BCUT2D eigenvalue weighted by Crippen LogP contribution is -2.31. The number of hydrogen-bond acceptors (Lipinski definition) is 4. The Morgan fingerprint density at radius 1 is 1.47 bits per heavy atom. The predicted molar refractivity (Wildman–Crippen MR) is 69.7 cm³/mol. The fourth-order valence-corrected chi connectivity index (χ4v) is 2.36. The van der Waals surface area contributed by atoms with E-state index in [2.05, 4.69) is 5.32 Å². The summed E-state index contributed by atoms with van der Waals surface area (Å²) in [6, 6.07) is 3.51. The van der Waals surface area contributed by atoms with Crippen molar-refractivity contribution in [2.45, 2.75) is 25.8 Å². The lowest BCUT2D eigenvalue weighted by Gasteiger charge is -2.28. The molecule has 1 aliphatic heterocycles. The van der Waals surface area contributed by atoms with Crippen LogP contribution in [0.5, 0.6) is 0 Å². The van der Waals surface area contributed by atoms with Crippen LogP contribution in [0.2, 0.25) is 0 Å². The standard InChI is InChI=1S/C13H17FN2O3/c1-9(10-4-6-19-7-5-10)15-12-8-11(14)2-3-13(12)16(17)18/h2-3,8-10,15H,4-7H2,1H3. The molecule has 0 bridgehead atoms. The molecule has 19 heavy (non-hydrogen) atoms. The number of halogens is 1. The zero-order valence-corrected chi connectivity index (χ0v) is 10.8. The average Bonchev–Trinajstić information content (AvgIpc) is 2.39. The third kappa shape index (κ3) is 3.41. The number of benzene rings is 1. The number of nitrogens with one attached hydrogen (secondary N) is 1. The van der Waals surface area contributed by atoms with Crippen LogP contribution in [0.15, 0.2) is 18.2 Å². The monoisotopic (exact) mass is 268 g/mol. The van der Waals surface area contributed by atoms with Crippen LogP contribution < -0.4 is 5.32 Å². The minimum atomic E-state index is -0.502. The molecule has 1 aromatic carbocycles. The Balaban J connectivity index is 2.12. The topological polar surface area (TPSA) is 64.4 Å². The van der Waals surface area contributed by atoms with Crippen LogP contribution in [-0.4, -0.2) is 24.2 Å². The second-order valence-electron chi connectivity index (χ2n) is 4.80. The first-order chi connectivity index (χ1) is 9.08. The molecule has 1 aromatic rings. The molecule has 2 rings (SSSR count). The third-order valence-corrected chi connectivity index (χ3v) is 3.51. The maximum Gasteiger partial charge on any atom is 0.292 e. The Labute approximate surface area is 110 Å². The fraction of sp³-hybridized carbons (Fsp3) is 0.538. The Morgan fingerprint density at radius 3 is 2.79 bits per heavy atom. The summed E-state index contributed by atoms with van der Waals surface area (Å²) < 4.78 is 18.5. The molecule has 104 valence electrons. The van der Waals surface area contributed by atoms with Crippen LogP contribution >= 0.6 is 0 Å². The molecule has 1 heterocycles. The van der Waals surface area contributed by atoms with Gasteiger partial charge in [-0.3, -0.25) is 10.1 Å². The molecular formula is C13H17FN2O3. The summed E-state index contributed by atoms with van der Waals surface area (Å²) in [7, 11) is 0. The Morgan fingerprint density at radius 2 is 2.16 bits per heavy atom. The summed E-state index contributed by atoms with van der Waals surface area (Å²) in [5.74, 6) is -0.0936. The van der Waals surface area contributed by atoms with Gasteiger partial charge in [-0.15, -0.1) is 0 Å². The maximum atomic E-state index is 13.2. The maximum absolute atomic E-state index is 13.2. The van der Waals surface area contributed by atoms with Crippen molar-refractivity contribution < 1.29 is 14.1 Å². The van der Waals surface area contributed by atoms with Gasteiger partial charge in [0.2, 0.25) is 0 Å². The van der Waals surface area contributed by atoms with E-state index in [1.54, 1.807) is 0 Å². The second kappa shape index (κ2) is 5.97. The summed E-state index contributed by atoms with van der Waals surface area (Å²) in [6.45, 7) is 3.38. The molecule has 0 saturated carbocycles. The lowest BCUT2D eigenvalue weighted by molar-refractivity contribution is -0.384. The van der Waals surface area contributed by atoms with E-state index in [9.17, 15) is 14.5 Å². The van der Waals surface area contributed by atoms with E-state index in [1.807, 2.05) is 6.92 Å². The van der Waals surface area contributed by atoms with Crippen molar-refractivity contribution in [2.24, 2.45) is 5.92 Å². The SMILES string of the molecule is CC(Nc1cc(F)ccc1[N+](=O)[O-])C1CCOCC1. The van der Waals surface area contributed by atoms with Gasteiger partial charge in [-0.1, -0.05) is 0 Å². The second-order valence-corrected chi connectivity index (χ2v) is 4.80. The smallest absolute Gasteiger partial charge is 0.292 e. The van der Waals surface area contributed by atoms with Crippen molar-refractivity contribution in [1.29, 1.82) is 0 Å². The molecule has 1 atom stereocenters. The number of nitro groups is 1. The molecule has 0 spiro atoms. The molecule has 5 nitrogen and oxygen atoms in total. The number of hydrogen-bond donors (Lipinski definition) is 1. The first-order valence-electron chi connectivity index (χ1n) is 6.36. The van der Waals surface area contributed by atoms with E-state index in [-0.39, 0.29) is 17.4 Å². The van der Waals surface area contributed by atoms with Gasteiger partial charge in [0.05, 0.1) is 4.92 Å². The van der Waals surface area contributed by atoms with Crippen LogP contribution in [0.4, 0.5) is 15.8 Å². The van der Waals surface area contributed by atoms with E-state index in [4.69, 9.17) is 4.74 Å². The van der Waals surface area contributed by atoms with Crippen LogP contribution in [-0.2, 0) is 4.74 Å². The molecule has 0 amide bonds. The van der Waals surface area contributed by atoms with Gasteiger partial charge in [0.15, 0.2) is 0 Å². The molecule has 0 radical (unpaired) electrons. The highest BCUT2D eigenvalue weighted by molar-refractivity contribution is 5.61. The number of ether oxygens (including phenoxy) is 1. The molecule has 0 aliphatic carbocycles. The summed E-state index contributed by atoms with van der Waals surface area (Å²) >= 11 is 0. The molecule has 6 heteroatoms. The summed E-state index contributed by atoms with van der Waals surface area (Å²) in [6.07, 6.45) is 1.83. The van der Waals surface area contributed by atoms with Crippen molar-refractivity contribution in [2.75, 3.05) is 18.5 Å². The predicted octanol–water partition coefficient (Wildman–Crippen LogP) is 2.96. The molecule has 0 aromatic heterocycles. The number of nitrogens with zero attached hydrogens (tertiary/aromatic N) is 1. The Kier molecular flexibility index (Phi) is 4.31. The highest BCUT2D eigenvalue weighted by Crippen LogP contribution is 2.28. The molecule has 1 aliphatic rings. The summed E-state index contributed by atoms with van der Waals surface area (Å²) in [5.41, 5.74) is 0.143. The van der Waals surface area contributed by atoms with Crippen molar-refractivity contribution in [1.82, 2.24) is 0 Å².